The summed E-state index contributed by atoms with van der Waals surface area (Å²) in [6, 6.07) is 5.98. The Bertz CT molecular complexity index is 580. The quantitative estimate of drug-likeness (QED) is 0.581. The number of hydrogen-bond donors (Lipinski definition) is 0. The van der Waals surface area contributed by atoms with E-state index in [0.717, 1.165) is 24.1 Å². The van der Waals surface area contributed by atoms with E-state index in [1.54, 1.807) is 6.20 Å². The molecule has 19 heavy (non-hydrogen) atoms. The summed E-state index contributed by atoms with van der Waals surface area (Å²) in [5.74, 6) is 0. The summed E-state index contributed by atoms with van der Waals surface area (Å²) in [5.41, 5.74) is 3.07. The van der Waals surface area contributed by atoms with Crippen molar-refractivity contribution in [1.29, 1.82) is 0 Å². The van der Waals surface area contributed by atoms with Gasteiger partial charge in [0.05, 0.1) is 12.2 Å². The van der Waals surface area contributed by atoms with E-state index in [1.165, 1.54) is 0 Å². The minimum Gasteiger partial charge on any atom is -0.349 e. The normalized spacial score (nSPS) is 10.8. The molecule has 0 amide bonds. The molecule has 96 valence electrons. The summed E-state index contributed by atoms with van der Waals surface area (Å²) in [6.45, 7) is 10.6. The lowest BCUT2D eigenvalue weighted by Gasteiger charge is -2.12. The highest BCUT2D eigenvalue weighted by Crippen LogP contribution is 2.08. The lowest BCUT2D eigenvalue weighted by atomic mass is 9.73. The lowest BCUT2D eigenvalue weighted by molar-refractivity contribution is 0.496. The van der Waals surface area contributed by atoms with Gasteiger partial charge in [-0.05, 0) is 18.3 Å². The van der Waals surface area contributed by atoms with Crippen molar-refractivity contribution in [1.82, 2.24) is 14.3 Å². The molecule has 0 aliphatic heterocycles. The smallest absolute Gasteiger partial charge is 0.153 e. The van der Waals surface area contributed by atoms with Crippen LogP contribution >= 0.6 is 0 Å². The molecule has 3 nitrogen and oxygen atoms in total. The summed E-state index contributed by atoms with van der Waals surface area (Å²) in [5, 5.41) is 0. The molecule has 0 saturated heterocycles. The second-order valence-electron chi connectivity index (χ2n) is 4.38. The van der Waals surface area contributed by atoms with Crippen LogP contribution in [0.25, 0.3) is 5.65 Å². The van der Waals surface area contributed by atoms with Crippen LogP contribution in [0.15, 0.2) is 67.7 Å². The Hall–Kier alpha value is -2.23. The molecule has 2 aromatic rings. The number of fused-ring (bicyclic) bond motifs is 1. The first-order chi connectivity index (χ1) is 9.22. The fourth-order valence-electron chi connectivity index (χ4n) is 1.75. The Morgan fingerprint density at radius 1 is 1.53 bits per heavy atom. The van der Waals surface area contributed by atoms with Crippen LogP contribution in [0.1, 0.15) is 5.69 Å². The van der Waals surface area contributed by atoms with E-state index in [1.807, 2.05) is 52.2 Å². The molecule has 2 rings (SSSR count). The second-order valence-corrected chi connectivity index (χ2v) is 4.38. The number of aromatic nitrogens is 2. The lowest BCUT2D eigenvalue weighted by Crippen LogP contribution is -2.09. The maximum Gasteiger partial charge on any atom is 0.153 e. The van der Waals surface area contributed by atoms with Gasteiger partial charge in [0.2, 0.25) is 0 Å². The molecule has 0 aromatic carbocycles. The van der Waals surface area contributed by atoms with Gasteiger partial charge in [-0.2, -0.15) is 0 Å². The Balaban J connectivity index is 2.11. The van der Waals surface area contributed by atoms with Crippen LogP contribution < -0.4 is 0 Å². The van der Waals surface area contributed by atoms with Gasteiger partial charge in [-0.1, -0.05) is 31.0 Å². The number of allylic oxidation sites excluding steroid dienone is 2. The van der Waals surface area contributed by atoms with E-state index in [4.69, 9.17) is 0 Å². The average Bonchev–Trinajstić information content (AvgIpc) is 2.85. The monoisotopic (exact) mass is 251 g/mol. The van der Waals surface area contributed by atoms with Gasteiger partial charge in [0, 0.05) is 18.6 Å². The molecule has 2 heterocycles. The van der Waals surface area contributed by atoms with Crippen molar-refractivity contribution < 1.29 is 0 Å². The molecule has 0 radical (unpaired) electrons. The molecule has 0 atom stereocenters. The van der Waals surface area contributed by atoms with Crippen molar-refractivity contribution in [3.05, 3.63) is 73.4 Å². The van der Waals surface area contributed by atoms with E-state index in [2.05, 4.69) is 25.0 Å². The molecule has 0 aliphatic rings. The molecule has 0 fully saturated rings. The molecule has 0 spiro atoms. The maximum absolute atomic E-state index is 4.56. The molecule has 0 saturated carbocycles. The van der Waals surface area contributed by atoms with Gasteiger partial charge in [-0.15, -0.1) is 6.58 Å². The van der Waals surface area contributed by atoms with Crippen molar-refractivity contribution in [2.24, 2.45) is 0 Å². The molecule has 0 aliphatic carbocycles. The highest BCUT2D eigenvalue weighted by Gasteiger charge is 2.03. The first-order valence-electron chi connectivity index (χ1n) is 6.40. The third kappa shape index (κ3) is 3.38. The summed E-state index contributed by atoms with van der Waals surface area (Å²) in [7, 11) is 0.954. The fourth-order valence-corrected chi connectivity index (χ4v) is 1.75. The number of hydrogen-bond acceptors (Lipinski definition) is 2. The summed E-state index contributed by atoms with van der Waals surface area (Å²) >= 11 is 0. The molecule has 0 N–H and O–H groups in total. The fraction of sp³-hybridized carbons (Fsp3) is 0.133. The van der Waals surface area contributed by atoms with Crippen molar-refractivity contribution in [2.75, 3.05) is 0 Å². The van der Waals surface area contributed by atoms with E-state index in [-0.39, 0.29) is 0 Å². The number of nitrogens with zero attached hydrogens (tertiary/aromatic N) is 3. The number of rotatable bonds is 6. The van der Waals surface area contributed by atoms with Crippen molar-refractivity contribution >= 4 is 12.9 Å². The van der Waals surface area contributed by atoms with E-state index in [9.17, 15) is 0 Å². The average molecular weight is 251 g/mol. The highest BCUT2D eigenvalue weighted by molar-refractivity contribution is 6.44. The number of imidazole rings is 1. The van der Waals surface area contributed by atoms with E-state index < -0.39 is 0 Å². The first-order valence-corrected chi connectivity index (χ1v) is 6.40. The van der Waals surface area contributed by atoms with E-state index >= 15 is 0 Å². The predicted molar refractivity (Wildman–Crippen MR) is 82.2 cm³/mol. The molecular weight excluding hydrogens is 233 g/mol. The zero-order valence-corrected chi connectivity index (χ0v) is 11.3. The summed E-state index contributed by atoms with van der Waals surface area (Å²) < 4.78 is 2.02. The van der Waals surface area contributed by atoms with Crippen LogP contribution in [0, 0.1) is 0 Å². The maximum atomic E-state index is 4.56. The SMILES string of the molecule is C=CN(/C=C\C(=C)BC)Cc1cn2ccccc2n1. The standard InChI is InChI=1S/C15H18BN3/c1-4-18(10-8-13(2)16-3)11-14-12-19-9-6-5-7-15(19)17-14/h4-10,12,16H,1-2,11H2,3H3/b10-8-. The topological polar surface area (TPSA) is 20.5 Å². The Morgan fingerprint density at radius 3 is 3.05 bits per heavy atom. The van der Waals surface area contributed by atoms with Crippen molar-refractivity contribution in [3.8, 4) is 0 Å². The minimum atomic E-state index is 0.707. The van der Waals surface area contributed by atoms with Gasteiger partial charge in [0.1, 0.15) is 5.65 Å². The van der Waals surface area contributed by atoms with Crippen LogP contribution in [0.5, 0.6) is 0 Å². The summed E-state index contributed by atoms with van der Waals surface area (Å²) in [4.78, 5) is 6.57. The molecule has 0 bridgehead atoms. The predicted octanol–water partition coefficient (Wildman–Crippen LogP) is 2.79. The van der Waals surface area contributed by atoms with Crippen LogP contribution in [0.4, 0.5) is 0 Å². The summed E-state index contributed by atoms with van der Waals surface area (Å²) in [6.07, 6.45) is 9.83. The molecule has 2 aromatic heterocycles. The zero-order chi connectivity index (χ0) is 13.7. The second kappa shape index (κ2) is 6.09. The first kappa shape index (κ1) is 13.2. The zero-order valence-electron chi connectivity index (χ0n) is 11.3. The van der Waals surface area contributed by atoms with Crippen LogP contribution in [0.3, 0.4) is 0 Å². The molecular formula is C15H18BN3. The third-order valence-corrected chi connectivity index (χ3v) is 2.95. The molecule has 4 heteroatoms. The highest BCUT2D eigenvalue weighted by atomic mass is 15.1. The van der Waals surface area contributed by atoms with E-state index in [0.29, 0.717) is 6.54 Å². The van der Waals surface area contributed by atoms with Gasteiger partial charge < -0.3 is 9.30 Å². The largest absolute Gasteiger partial charge is 0.349 e. The number of pyridine rings is 1. The Kier molecular flexibility index (Phi) is 4.24. The van der Waals surface area contributed by atoms with Crippen molar-refractivity contribution in [3.63, 3.8) is 0 Å². The van der Waals surface area contributed by atoms with Crippen LogP contribution in [-0.2, 0) is 6.54 Å². The van der Waals surface area contributed by atoms with Gasteiger partial charge in [0.25, 0.3) is 0 Å². The van der Waals surface area contributed by atoms with Gasteiger partial charge in [0.15, 0.2) is 7.28 Å². The van der Waals surface area contributed by atoms with Crippen molar-refractivity contribution in [2.45, 2.75) is 13.4 Å². The van der Waals surface area contributed by atoms with Crippen LogP contribution in [-0.4, -0.2) is 21.6 Å². The third-order valence-electron chi connectivity index (χ3n) is 2.95. The van der Waals surface area contributed by atoms with Crippen LogP contribution in [0.2, 0.25) is 6.82 Å². The Labute approximate surface area is 114 Å². The van der Waals surface area contributed by atoms with Gasteiger partial charge >= 0.3 is 0 Å². The Morgan fingerprint density at radius 2 is 2.37 bits per heavy atom. The molecule has 0 unspecified atom stereocenters. The van der Waals surface area contributed by atoms with Gasteiger partial charge in [-0.25, -0.2) is 4.98 Å². The minimum absolute atomic E-state index is 0.707. The van der Waals surface area contributed by atoms with Gasteiger partial charge in [-0.3, -0.25) is 0 Å².